The fraction of sp³-hybridized carbons (Fsp3) is 0.571. The molecule has 0 aliphatic carbocycles. The molecule has 1 aromatic carbocycles. The number of carbonyl (C=O) groups excluding carboxylic acids is 2. The van der Waals surface area contributed by atoms with E-state index >= 15 is 0 Å². The van der Waals surface area contributed by atoms with Crippen molar-refractivity contribution in [2.45, 2.75) is 78.5 Å². The van der Waals surface area contributed by atoms with Crippen molar-refractivity contribution in [3.05, 3.63) is 36.0 Å². The van der Waals surface area contributed by atoms with Gasteiger partial charge < -0.3 is 24.8 Å². The Morgan fingerprint density at radius 2 is 1.97 bits per heavy atom. The highest BCUT2D eigenvalue weighted by atomic mass is 16.5. The molecular formula is C28H37N3O6. The Morgan fingerprint density at radius 1 is 1.22 bits per heavy atom. The molecular weight excluding hydrogens is 474 g/mol. The number of pyridine rings is 1. The van der Waals surface area contributed by atoms with Crippen LogP contribution < -0.4 is 10.1 Å². The topological polar surface area (TPSA) is 118 Å². The molecule has 1 saturated heterocycles. The van der Waals surface area contributed by atoms with E-state index in [0.717, 1.165) is 35.6 Å². The summed E-state index contributed by atoms with van der Waals surface area (Å²) in [5, 5.41) is 14.5. The molecule has 0 unspecified atom stereocenters. The lowest BCUT2D eigenvalue weighted by Crippen LogP contribution is -2.57. The van der Waals surface area contributed by atoms with E-state index in [1.807, 2.05) is 46.8 Å². The van der Waals surface area contributed by atoms with Gasteiger partial charge in [0.1, 0.15) is 18.2 Å². The molecule has 9 heteroatoms. The van der Waals surface area contributed by atoms with Crippen LogP contribution in [0.25, 0.3) is 10.8 Å². The maximum Gasteiger partial charge on any atom is 0.407 e. The second-order valence-corrected chi connectivity index (χ2v) is 12.0. The average molecular weight is 512 g/mol. The van der Waals surface area contributed by atoms with E-state index in [1.54, 1.807) is 6.20 Å². The second-order valence-electron chi connectivity index (χ2n) is 12.0. The molecule has 0 saturated carbocycles. The van der Waals surface area contributed by atoms with Crippen molar-refractivity contribution in [1.82, 2.24) is 15.2 Å². The Bertz CT molecular complexity index is 1190. The van der Waals surface area contributed by atoms with E-state index in [2.05, 4.69) is 22.4 Å². The quantitative estimate of drug-likeness (QED) is 0.590. The maximum absolute atomic E-state index is 13.7. The number of cyclic esters (lactones) is 1. The van der Waals surface area contributed by atoms with Crippen LogP contribution in [0.4, 0.5) is 4.79 Å². The molecule has 9 nitrogen and oxygen atoms in total. The third-order valence-electron chi connectivity index (χ3n) is 7.19. The van der Waals surface area contributed by atoms with E-state index in [4.69, 9.17) is 9.47 Å². The highest BCUT2D eigenvalue weighted by Crippen LogP contribution is 2.32. The van der Waals surface area contributed by atoms with Crippen molar-refractivity contribution in [2.24, 2.45) is 10.8 Å². The van der Waals surface area contributed by atoms with Crippen molar-refractivity contribution in [3.8, 4) is 5.88 Å². The summed E-state index contributed by atoms with van der Waals surface area (Å²) in [5.74, 6) is -1.16. The fourth-order valence-corrected chi connectivity index (χ4v) is 5.03. The van der Waals surface area contributed by atoms with Gasteiger partial charge in [0, 0.05) is 18.0 Å². The van der Waals surface area contributed by atoms with E-state index in [0.29, 0.717) is 5.88 Å². The molecule has 0 radical (unpaired) electrons. The summed E-state index contributed by atoms with van der Waals surface area (Å²) in [6.07, 6.45) is 3.13. The maximum atomic E-state index is 13.7. The molecule has 37 heavy (non-hydrogen) atoms. The summed E-state index contributed by atoms with van der Waals surface area (Å²) in [6.45, 7) is 9.83. The Labute approximate surface area is 217 Å². The first-order valence-corrected chi connectivity index (χ1v) is 12.8. The first-order valence-electron chi connectivity index (χ1n) is 12.8. The number of rotatable bonds is 1. The summed E-state index contributed by atoms with van der Waals surface area (Å²) >= 11 is 0. The zero-order valence-corrected chi connectivity index (χ0v) is 22.2. The number of hydrogen-bond donors (Lipinski definition) is 2. The number of carbonyl (C=O) groups is 3. The van der Waals surface area contributed by atoms with Gasteiger partial charge in [-0.15, -0.1) is 0 Å². The summed E-state index contributed by atoms with van der Waals surface area (Å²) in [6, 6.07) is 6.06. The van der Waals surface area contributed by atoms with Crippen LogP contribution in [-0.2, 0) is 20.7 Å². The number of alkyl carbamates (subject to hydrolysis) is 1. The highest BCUT2D eigenvalue weighted by molar-refractivity contribution is 5.91. The molecule has 0 spiro atoms. The van der Waals surface area contributed by atoms with Crippen LogP contribution in [0.2, 0.25) is 0 Å². The molecule has 200 valence electrons. The van der Waals surface area contributed by atoms with Gasteiger partial charge >= 0.3 is 12.1 Å². The van der Waals surface area contributed by atoms with Crippen molar-refractivity contribution in [2.75, 3.05) is 13.2 Å². The van der Waals surface area contributed by atoms with Gasteiger partial charge in [-0.05, 0) is 53.2 Å². The van der Waals surface area contributed by atoms with Crippen LogP contribution in [0.1, 0.15) is 59.4 Å². The van der Waals surface area contributed by atoms with Crippen molar-refractivity contribution < 1.29 is 29.0 Å². The van der Waals surface area contributed by atoms with Gasteiger partial charge in [-0.2, -0.15) is 0 Å². The number of nitrogens with one attached hydrogen (secondary N) is 1. The minimum atomic E-state index is -1.12. The molecule has 2 N–H and O–H groups in total. The van der Waals surface area contributed by atoms with E-state index in [1.165, 1.54) is 4.90 Å². The minimum absolute atomic E-state index is 0.0733. The summed E-state index contributed by atoms with van der Waals surface area (Å²) in [5.41, 5.74) is 0.204. The van der Waals surface area contributed by atoms with E-state index < -0.39 is 41.6 Å². The Balaban J connectivity index is 1.72. The van der Waals surface area contributed by atoms with Crippen LogP contribution in [0, 0.1) is 10.8 Å². The fourth-order valence-electron chi connectivity index (χ4n) is 5.03. The van der Waals surface area contributed by atoms with Gasteiger partial charge in [0.15, 0.2) is 0 Å². The highest BCUT2D eigenvalue weighted by Gasteiger charge is 2.46. The molecule has 3 atom stereocenters. The van der Waals surface area contributed by atoms with Crippen LogP contribution in [0.3, 0.4) is 0 Å². The number of nitrogens with zero attached hydrogens (tertiary/aromatic N) is 2. The van der Waals surface area contributed by atoms with Gasteiger partial charge in [0.2, 0.25) is 11.8 Å². The normalized spacial score (nSPS) is 25.1. The van der Waals surface area contributed by atoms with Crippen LogP contribution >= 0.6 is 0 Å². The summed E-state index contributed by atoms with van der Waals surface area (Å²) < 4.78 is 11.8. The molecule has 2 aliphatic rings. The Kier molecular flexibility index (Phi) is 7.35. The van der Waals surface area contributed by atoms with Crippen LogP contribution in [0.5, 0.6) is 5.88 Å². The van der Waals surface area contributed by atoms with Crippen LogP contribution in [-0.4, -0.2) is 64.3 Å². The molecule has 2 amide bonds. The predicted octanol–water partition coefficient (Wildman–Crippen LogP) is 4.17. The molecule has 4 bridgehead atoms. The first kappa shape index (κ1) is 26.7. The van der Waals surface area contributed by atoms with Crippen molar-refractivity contribution >= 4 is 28.7 Å². The summed E-state index contributed by atoms with van der Waals surface area (Å²) in [7, 11) is 0. The second kappa shape index (κ2) is 10.2. The van der Waals surface area contributed by atoms with Gasteiger partial charge in [-0.25, -0.2) is 14.6 Å². The summed E-state index contributed by atoms with van der Waals surface area (Å²) in [4.78, 5) is 44.3. The number of benzene rings is 1. The number of ether oxygens (including phenoxy) is 2. The zero-order chi connectivity index (χ0) is 27.0. The molecule has 2 aliphatic heterocycles. The number of carboxylic acid groups (broad SMARTS) is 1. The molecule has 4 rings (SSSR count). The SMILES string of the molecule is CC1(C)CCCc2ccc3ccnc(c3c2)O[C@H]2C[C@@H](C(=O)O)N(C2)C(=O)[C@H](C(C)(C)C)NC(=O)OC1. The monoisotopic (exact) mass is 511 g/mol. The number of aliphatic carboxylic acids is 1. The number of amides is 2. The predicted molar refractivity (Wildman–Crippen MR) is 138 cm³/mol. The van der Waals surface area contributed by atoms with Crippen molar-refractivity contribution in [1.29, 1.82) is 0 Å². The third kappa shape index (κ3) is 6.14. The zero-order valence-electron chi connectivity index (χ0n) is 22.2. The third-order valence-corrected chi connectivity index (χ3v) is 7.19. The number of aromatic nitrogens is 1. The van der Waals surface area contributed by atoms with Gasteiger partial charge in [-0.3, -0.25) is 4.79 Å². The van der Waals surface area contributed by atoms with Crippen LogP contribution in [0.15, 0.2) is 30.5 Å². The lowest BCUT2D eigenvalue weighted by atomic mass is 9.85. The molecule has 2 aromatic rings. The van der Waals surface area contributed by atoms with Gasteiger partial charge in [0.05, 0.1) is 13.2 Å². The first-order chi connectivity index (χ1) is 17.3. The molecule has 1 fully saturated rings. The number of aryl methyl sites for hydroxylation is 1. The number of carboxylic acids is 1. The number of fused-ring (bicyclic) bond motifs is 3. The Morgan fingerprint density at radius 3 is 2.68 bits per heavy atom. The van der Waals surface area contributed by atoms with Gasteiger partial charge in [-0.1, -0.05) is 46.8 Å². The van der Waals surface area contributed by atoms with Gasteiger partial charge in [0.25, 0.3) is 0 Å². The lowest BCUT2D eigenvalue weighted by Gasteiger charge is -2.34. The molecule has 1 aromatic heterocycles. The number of hydrogen-bond acceptors (Lipinski definition) is 6. The lowest BCUT2D eigenvalue weighted by molar-refractivity contribution is -0.150. The van der Waals surface area contributed by atoms with E-state index in [-0.39, 0.29) is 25.0 Å². The van der Waals surface area contributed by atoms with Crippen molar-refractivity contribution in [3.63, 3.8) is 0 Å². The Hall–Kier alpha value is -3.36. The van der Waals surface area contributed by atoms with E-state index in [9.17, 15) is 19.5 Å². The standard InChI is InChI=1S/C28H37N3O6/c1-27(2,3)22-24(32)31-15-19(14-21(31)25(33)34)37-23-20-13-17(8-9-18(20)10-12-29-23)7-6-11-28(4,5)16-36-26(35)30-22/h8-10,12-13,19,21-22H,6-7,11,14-16H2,1-5H3,(H,30,35)(H,33,34)/t19-,21-,22+/m0/s1. The minimum Gasteiger partial charge on any atom is -0.480 e. The smallest absolute Gasteiger partial charge is 0.407 e. The molecule has 3 heterocycles. The average Bonchev–Trinajstić information content (AvgIpc) is 3.24. The largest absolute Gasteiger partial charge is 0.480 e.